The van der Waals surface area contributed by atoms with Crippen molar-refractivity contribution in [2.45, 2.75) is 37.8 Å². The topological polar surface area (TPSA) is 50.4 Å². The van der Waals surface area contributed by atoms with E-state index in [9.17, 15) is 4.79 Å². The van der Waals surface area contributed by atoms with Gasteiger partial charge in [0.05, 0.1) is 0 Å². The Labute approximate surface area is 167 Å². The van der Waals surface area contributed by atoms with Crippen LogP contribution in [-0.4, -0.2) is 25.0 Å². The molecule has 2 atom stereocenters. The third-order valence-corrected chi connectivity index (χ3v) is 5.37. The standard InChI is InChI=1S/C22H26N2O2.ClH/c25-22(24-18-10-12-23-13-11-18)21-14-20(21)17-6-8-19(9-7-17)26-15-16-4-2-1-3-5-16;/h1-9,18,20-21,23H,10-15H2,(H,24,25);1H. The minimum atomic E-state index is 0. The second-order valence-electron chi connectivity index (χ2n) is 7.32. The van der Waals surface area contributed by atoms with Gasteiger partial charge in [0.15, 0.2) is 0 Å². The highest BCUT2D eigenvalue weighted by Crippen LogP contribution is 2.47. The van der Waals surface area contributed by atoms with Gasteiger partial charge in [-0.25, -0.2) is 0 Å². The van der Waals surface area contributed by atoms with Gasteiger partial charge < -0.3 is 15.4 Å². The molecule has 0 spiro atoms. The summed E-state index contributed by atoms with van der Waals surface area (Å²) in [5.41, 5.74) is 2.40. The van der Waals surface area contributed by atoms with Gasteiger partial charge in [0, 0.05) is 12.0 Å². The third-order valence-electron chi connectivity index (χ3n) is 5.37. The number of carbonyl (C=O) groups excluding carboxylic acids is 1. The van der Waals surface area contributed by atoms with E-state index in [2.05, 4.69) is 34.9 Å². The number of benzene rings is 2. The van der Waals surface area contributed by atoms with E-state index in [1.807, 2.05) is 30.3 Å². The smallest absolute Gasteiger partial charge is 0.223 e. The largest absolute Gasteiger partial charge is 0.489 e. The molecule has 4 rings (SSSR count). The summed E-state index contributed by atoms with van der Waals surface area (Å²) in [6.45, 7) is 2.58. The molecule has 27 heavy (non-hydrogen) atoms. The van der Waals surface area contributed by atoms with Crippen LogP contribution in [0.15, 0.2) is 54.6 Å². The SMILES string of the molecule is Cl.O=C(NC1CCNCC1)C1CC1c1ccc(OCc2ccccc2)cc1. The number of nitrogens with one attached hydrogen (secondary N) is 2. The van der Waals surface area contributed by atoms with Crippen molar-refractivity contribution >= 4 is 18.3 Å². The Balaban J connectivity index is 0.00000210. The monoisotopic (exact) mass is 386 g/mol. The van der Waals surface area contributed by atoms with Gasteiger partial charge in [-0.2, -0.15) is 0 Å². The Morgan fingerprint density at radius 1 is 1.04 bits per heavy atom. The minimum absolute atomic E-state index is 0. The van der Waals surface area contributed by atoms with Crippen LogP contribution < -0.4 is 15.4 Å². The molecule has 0 bridgehead atoms. The zero-order valence-corrected chi connectivity index (χ0v) is 16.2. The van der Waals surface area contributed by atoms with Crippen molar-refractivity contribution in [1.29, 1.82) is 0 Å². The van der Waals surface area contributed by atoms with Crippen molar-refractivity contribution < 1.29 is 9.53 Å². The highest BCUT2D eigenvalue weighted by atomic mass is 35.5. The highest BCUT2D eigenvalue weighted by molar-refractivity contribution is 5.85. The van der Waals surface area contributed by atoms with Crippen molar-refractivity contribution in [1.82, 2.24) is 10.6 Å². The molecule has 0 aromatic heterocycles. The van der Waals surface area contributed by atoms with Crippen molar-refractivity contribution in [2.75, 3.05) is 13.1 Å². The number of carbonyl (C=O) groups is 1. The lowest BCUT2D eigenvalue weighted by atomic mass is 10.1. The molecule has 1 heterocycles. The number of halogens is 1. The summed E-state index contributed by atoms with van der Waals surface area (Å²) in [5, 5.41) is 6.56. The summed E-state index contributed by atoms with van der Waals surface area (Å²) >= 11 is 0. The van der Waals surface area contributed by atoms with Gasteiger partial charge in [-0.15, -0.1) is 12.4 Å². The lowest BCUT2D eigenvalue weighted by molar-refractivity contribution is -0.123. The minimum Gasteiger partial charge on any atom is -0.489 e. The first-order chi connectivity index (χ1) is 12.8. The average Bonchev–Trinajstić information content (AvgIpc) is 3.49. The maximum atomic E-state index is 12.4. The van der Waals surface area contributed by atoms with E-state index >= 15 is 0 Å². The lowest BCUT2D eigenvalue weighted by Gasteiger charge is -2.23. The molecule has 0 radical (unpaired) electrons. The van der Waals surface area contributed by atoms with Crippen molar-refractivity contribution in [3.8, 4) is 5.75 Å². The van der Waals surface area contributed by atoms with Crippen LogP contribution in [0.3, 0.4) is 0 Å². The second kappa shape index (κ2) is 9.25. The van der Waals surface area contributed by atoms with E-state index in [1.54, 1.807) is 0 Å². The molecule has 2 unspecified atom stereocenters. The van der Waals surface area contributed by atoms with E-state index in [4.69, 9.17) is 4.74 Å². The van der Waals surface area contributed by atoms with E-state index in [1.165, 1.54) is 5.56 Å². The van der Waals surface area contributed by atoms with Gasteiger partial charge in [-0.1, -0.05) is 42.5 Å². The third kappa shape index (κ3) is 5.24. The van der Waals surface area contributed by atoms with E-state index in [0.29, 0.717) is 18.6 Å². The van der Waals surface area contributed by atoms with Gasteiger partial charge in [0.25, 0.3) is 0 Å². The Morgan fingerprint density at radius 2 is 1.74 bits per heavy atom. The van der Waals surface area contributed by atoms with E-state index in [-0.39, 0.29) is 24.2 Å². The van der Waals surface area contributed by atoms with E-state index < -0.39 is 0 Å². The van der Waals surface area contributed by atoms with E-state index in [0.717, 1.165) is 43.7 Å². The number of rotatable bonds is 6. The highest BCUT2D eigenvalue weighted by Gasteiger charge is 2.44. The number of amides is 1. The molecule has 1 saturated heterocycles. The number of piperidine rings is 1. The maximum Gasteiger partial charge on any atom is 0.223 e. The molecule has 2 aromatic carbocycles. The summed E-state index contributed by atoms with van der Waals surface area (Å²) in [6, 6.07) is 18.7. The normalized spacial score (nSPS) is 21.8. The quantitative estimate of drug-likeness (QED) is 0.796. The molecule has 1 saturated carbocycles. The molecule has 1 amide bonds. The maximum absolute atomic E-state index is 12.4. The fraction of sp³-hybridized carbons (Fsp3) is 0.409. The molecule has 1 aliphatic heterocycles. The zero-order chi connectivity index (χ0) is 17.8. The van der Waals surface area contributed by atoms with Crippen LogP contribution in [0, 0.1) is 5.92 Å². The van der Waals surface area contributed by atoms with Gasteiger partial charge in [0.1, 0.15) is 12.4 Å². The molecular weight excluding hydrogens is 360 g/mol. The first kappa shape index (κ1) is 19.7. The molecule has 5 heteroatoms. The molecule has 2 aromatic rings. The van der Waals surface area contributed by atoms with Crippen LogP contribution in [-0.2, 0) is 11.4 Å². The van der Waals surface area contributed by atoms with Gasteiger partial charge in [-0.05, 0) is 61.5 Å². The van der Waals surface area contributed by atoms with Crippen molar-refractivity contribution in [3.63, 3.8) is 0 Å². The molecule has 4 nitrogen and oxygen atoms in total. The number of hydrogen-bond acceptors (Lipinski definition) is 3. The predicted molar refractivity (Wildman–Crippen MR) is 109 cm³/mol. The first-order valence-corrected chi connectivity index (χ1v) is 9.57. The predicted octanol–water partition coefficient (Wildman–Crippen LogP) is 3.66. The summed E-state index contributed by atoms with van der Waals surface area (Å²) in [6.07, 6.45) is 3.04. The molecule has 2 aliphatic rings. The Hall–Kier alpha value is -2.04. The Bertz CT molecular complexity index is 730. The molecule has 1 aliphatic carbocycles. The van der Waals surface area contributed by atoms with Crippen molar-refractivity contribution in [3.05, 3.63) is 65.7 Å². The van der Waals surface area contributed by atoms with Crippen LogP contribution in [0.4, 0.5) is 0 Å². The Kier molecular flexibility index (Phi) is 6.75. The summed E-state index contributed by atoms with van der Waals surface area (Å²) < 4.78 is 5.84. The van der Waals surface area contributed by atoms with Crippen LogP contribution in [0.5, 0.6) is 5.75 Å². The van der Waals surface area contributed by atoms with Crippen LogP contribution in [0.2, 0.25) is 0 Å². The van der Waals surface area contributed by atoms with Crippen molar-refractivity contribution in [2.24, 2.45) is 5.92 Å². The molecular formula is C22H27ClN2O2. The fourth-order valence-corrected chi connectivity index (χ4v) is 3.68. The fourth-order valence-electron chi connectivity index (χ4n) is 3.68. The summed E-state index contributed by atoms with van der Waals surface area (Å²) in [5.74, 6) is 1.60. The molecule has 2 N–H and O–H groups in total. The summed E-state index contributed by atoms with van der Waals surface area (Å²) in [4.78, 5) is 12.4. The average molecular weight is 387 g/mol. The van der Waals surface area contributed by atoms with Crippen LogP contribution in [0.25, 0.3) is 0 Å². The second-order valence-corrected chi connectivity index (χ2v) is 7.32. The van der Waals surface area contributed by atoms with Crippen LogP contribution in [0.1, 0.15) is 36.3 Å². The Morgan fingerprint density at radius 3 is 2.44 bits per heavy atom. The molecule has 2 fully saturated rings. The first-order valence-electron chi connectivity index (χ1n) is 9.57. The van der Waals surface area contributed by atoms with Crippen LogP contribution >= 0.6 is 12.4 Å². The van der Waals surface area contributed by atoms with Gasteiger partial charge in [-0.3, -0.25) is 4.79 Å². The number of ether oxygens (including phenoxy) is 1. The zero-order valence-electron chi connectivity index (χ0n) is 15.4. The number of hydrogen-bond donors (Lipinski definition) is 2. The van der Waals surface area contributed by atoms with Gasteiger partial charge >= 0.3 is 0 Å². The van der Waals surface area contributed by atoms with Gasteiger partial charge in [0.2, 0.25) is 5.91 Å². The lowest BCUT2D eigenvalue weighted by Crippen LogP contribution is -2.43. The molecule has 144 valence electrons. The summed E-state index contributed by atoms with van der Waals surface area (Å²) in [7, 11) is 0.